The lowest BCUT2D eigenvalue weighted by Gasteiger charge is -2.27. The van der Waals surface area contributed by atoms with Gasteiger partial charge in [0.05, 0.1) is 22.5 Å². The molecule has 1 atom stereocenters. The van der Waals surface area contributed by atoms with Crippen LogP contribution in [0.4, 0.5) is 0 Å². The second-order valence-electron chi connectivity index (χ2n) is 9.30. The summed E-state index contributed by atoms with van der Waals surface area (Å²) in [5.41, 5.74) is 8.80. The number of rotatable bonds is 12. The molecule has 4 rings (SSSR count). The molecule has 0 spiro atoms. The molecule has 0 bridgehead atoms. The van der Waals surface area contributed by atoms with E-state index in [9.17, 15) is 10.0 Å². The van der Waals surface area contributed by atoms with Crippen molar-refractivity contribution in [3.8, 4) is 11.5 Å². The molecule has 7 nitrogen and oxygen atoms in total. The van der Waals surface area contributed by atoms with Crippen LogP contribution < -0.4 is 19.9 Å². The van der Waals surface area contributed by atoms with Crippen LogP contribution in [-0.2, 0) is 17.8 Å². The van der Waals surface area contributed by atoms with Gasteiger partial charge < -0.3 is 25.3 Å². The number of nitrogens with two attached hydrogens (primary N) is 1. The molecule has 1 saturated carbocycles. The third kappa shape index (κ3) is 7.51. The maximum atomic E-state index is 13.4. The van der Waals surface area contributed by atoms with Crippen LogP contribution in [0.3, 0.4) is 0 Å². The summed E-state index contributed by atoms with van der Waals surface area (Å²) in [6.07, 6.45) is 5.43. The summed E-state index contributed by atoms with van der Waals surface area (Å²) in [5.74, 6) is 0.828. The summed E-state index contributed by atoms with van der Waals surface area (Å²) in [6.45, 7) is 3.19. The zero-order valence-electron chi connectivity index (χ0n) is 20.7. The Morgan fingerprint density at radius 1 is 1.11 bits per heavy atom. The van der Waals surface area contributed by atoms with Gasteiger partial charge in [0.15, 0.2) is 18.1 Å². The fourth-order valence-corrected chi connectivity index (χ4v) is 4.91. The van der Waals surface area contributed by atoms with Gasteiger partial charge in [-0.2, -0.15) is 4.73 Å². The molecular formula is C28H31Cl2N3O4. The lowest BCUT2D eigenvalue weighted by Crippen LogP contribution is -2.41. The van der Waals surface area contributed by atoms with Crippen molar-refractivity contribution in [3.63, 3.8) is 0 Å². The highest BCUT2D eigenvalue weighted by Gasteiger charge is 2.35. The summed E-state index contributed by atoms with van der Waals surface area (Å²) < 4.78 is 12.2. The molecule has 1 fully saturated rings. The Bertz CT molecular complexity index is 1200. The highest BCUT2D eigenvalue weighted by Crippen LogP contribution is 2.34. The monoisotopic (exact) mass is 543 g/mol. The van der Waals surface area contributed by atoms with E-state index in [1.54, 1.807) is 18.2 Å². The number of amides is 1. The smallest absolute Gasteiger partial charge is 0.227 e. The predicted molar refractivity (Wildman–Crippen MR) is 144 cm³/mol. The zero-order chi connectivity index (χ0) is 26.4. The van der Waals surface area contributed by atoms with Gasteiger partial charge in [-0.15, -0.1) is 0 Å². The molecule has 1 heterocycles. The number of halogens is 2. The first kappa shape index (κ1) is 27.0. The van der Waals surface area contributed by atoms with Crippen LogP contribution in [0.1, 0.15) is 29.5 Å². The van der Waals surface area contributed by atoms with Gasteiger partial charge in [0.1, 0.15) is 19.0 Å². The standard InChI is InChI=1S/C28H31Cl2N3O4/c1-19-13-25(29)27(26(30)14-19)37-12-11-36-24-8-4-20(5-9-24)15-22(16-31)28(34)33(23-6-7-23)18-21-3-2-10-32(35)17-21/h2-5,8-10,13-14,17,22-23H,6-7,11-12,15-16,18,31H2,1H3. The van der Waals surface area contributed by atoms with E-state index < -0.39 is 0 Å². The minimum atomic E-state index is -0.340. The van der Waals surface area contributed by atoms with Gasteiger partial charge in [0, 0.05) is 24.2 Å². The van der Waals surface area contributed by atoms with Crippen molar-refractivity contribution in [3.05, 3.63) is 92.9 Å². The van der Waals surface area contributed by atoms with Gasteiger partial charge >= 0.3 is 0 Å². The van der Waals surface area contributed by atoms with Crippen molar-refractivity contribution in [2.75, 3.05) is 19.8 Å². The number of aromatic nitrogens is 1. The van der Waals surface area contributed by atoms with Gasteiger partial charge in [0.25, 0.3) is 0 Å². The van der Waals surface area contributed by atoms with Crippen LogP contribution in [0.2, 0.25) is 10.0 Å². The molecule has 2 aromatic carbocycles. The summed E-state index contributed by atoms with van der Waals surface area (Å²) in [6, 6.07) is 15.0. The number of nitrogens with zero attached hydrogens (tertiary/aromatic N) is 2. The molecular weight excluding hydrogens is 513 g/mol. The molecule has 0 radical (unpaired) electrons. The van der Waals surface area contributed by atoms with Crippen LogP contribution in [0, 0.1) is 18.0 Å². The van der Waals surface area contributed by atoms with Crippen LogP contribution in [0.15, 0.2) is 60.9 Å². The average Bonchev–Trinajstić information content (AvgIpc) is 3.71. The summed E-state index contributed by atoms with van der Waals surface area (Å²) in [4.78, 5) is 15.2. The van der Waals surface area contributed by atoms with E-state index in [1.165, 1.54) is 12.4 Å². The number of carbonyl (C=O) groups is 1. The Morgan fingerprint density at radius 3 is 2.41 bits per heavy atom. The van der Waals surface area contributed by atoms with Crippen molar-refractivity contribution in [2.24, 2.45) is 11.7 Å². The highest BCUT2D eigenvalue weighted by atomic mass is 35.5. The summed E-state index contributed by atoms with van der Waals surface area (Å²) >= 11 is 12.4. The fourth-order valence-electron chi connectivity index (χ4n) is 4.20. The van der Waals surface area contributed by atoms with Crippen LogP contribution in [0.25, 0.3) is 0 Å². The highest BCUT2D eigenvalue weighted by molar-refractivity contribution is 6.37. The molecule has 1 aliphatic rings. The molecule has 196 valence electrons. The number of pyridine rings is 1. The number of aryl methyl sites for hydroxylation is 1. The normalized spacial score (nSPS) is 13.7. The van der Waals surface area contributed by atoms with Gasteiger partial charge in [0.2, 0.25) is 5.91 Å². The molecule has 1 aromatic heterocycles. The lowest BCUT2D eigenvalue weighted by atomic mass is 9.97. The first-order valence-corrected chi connectivity index (χ1v) is 13.1. The fraction of sp³-hybridized carbons (Fsp3) is 0.357. The van der Waals surface area contributed by atoms with Gasteiger partial charge in [-0.05, 0) is 67.6 Å². The lowest BCUT2D eigenvalue weighted by molar-refractivity contribution is -0.605. The minimum absolute atomic E-state index is 0.0252. The minimum Gasteiger partial charge on any atom is -0.619 e. The largest absolute Gasteiger partial charge is 0.619 e. The number of ether oxygens (including phenoxy) is 2. The number of hydrogen-bond donors (Lipinski definition) is 1. The molecule has 1 unspecified atom stereocenters. The van der Waals surface area contributed by atoms with E-state index in [0.717, 1.165) is 34.3 Å². The Kier molecular flexibility index (Phi) is 9.14. The van der Waals surface area contributed by atoms with Gasteiger partial charge in [-0.3, -0.25) is 4.79 Å². The second-order valence-corrected chi connectivity index (χ2v) is 10.1. The van der Waals surface area contributed by atoms with Crippen molar-refractivity contribution < 1.29 is 19.0 Å². The third-order valence-corrected chi connectivity index (χ3v) is 6.80. The van der Waals surface area contributed by atoms with Crippen LogP contribution in [-0.4, -0.2) is 36.6 Å². The maximum absolute atomic E-state index is 13.4. The summed E-state index contributed by atoms with van der Waals surface area (Å²) in [5, 5.41) is 12.6. The summed E-state index contributed by atoms with van der Waals surface area (Å²) in [7, 11) is 0. The molecule has 9 heteroatoms. The SMILES string of the molecule is Cc1cc(Cl)c(OCCOc2ccc(CC(CN)C(=O)N(Cc3ccc[n+]([O-])c3)C3CC3)cc2)c(Cl)c1. The van der Waals surface area contributed by atoms with E-state index in [2.05, 4.69) is 0 Å². The van der Waals surface area contributed by atoms with Crippen molar-refractivity contribution in [1.29, 1.82) is 0 Å². The first-order valence-electron chi connectivity index (χ1n) is 12.3. The van der Waals surface area contributed by atoms with E-state index >= 15 is 0 Å². The maximum Gasteiger partial charge on any atom is 0.227 e. The topological polar surface area (TPSA) is 91.7 Å². The first-order chi connectivity index (χ1) is 17.8. The molecule has 0 saturated heterocycles. The molecule has 2 N–H and O–H groups in total. The van der Waals surface area contributed by atoms with Crippen molar-refractivity contribution in [2.45, 2.75) is 38.8 Å². The number of hydrogen-bond acceptors (Lipinski definition) is 5. The van der Waals surface area contributed by atoms with E-state index in [0.29, 0.717) is 47.7 Å². The molecule has 37 heavy (non-hydrogen) atoms. The van der Waals surface area contributed by atoms with E-state index in [-0.39, 0.29) is 24.4 Å². The van der Waals surface area contributed by atoms with Crippen molar-refractivity contribution in [1.82, 2.24) is 4.90 Å². The van der Waals surface area contributed by atoms with Gasteiger partial charge in [-0.25, -0.2) is 0 Å². The van der Waals surface area contributed by atoms with Crippen LogP contribution in [0.5, 0.6) is 11.5 Å². The molecule has 1 amide bonds. The van der Waals surface area contributed by atoms with Crippen LogP contribution >= 0.6 is 23.2 Å². The zero-order valence-corrected chi connectivity index (χ0v) is 22.3. The second kappa shape index (κ2) is 12.5. The number of benzene rings is 2. The van der Waals surface area contributed by atoms with Crippen molar-refractivity contribution >= 4 is 29.1 Å². The third-order valence-electron chi connectivity index (χ3n) is 6.24. The predicted octanol–water partition coefficient (Wildman–Crippen LogP) is 4.70. The Labute approximate surface area is 227 Å². The quantitative estimate of drug-likeness (QED) is 0.203. The number of carbonyl (C=O) groups excluding carboxylic acids is 1. The molecule has 3 aromatic rings. The average molecular weight is 544 g/mol. The Morgan fingerprint density at radius 2 is 1.78 bits per heavy atom. The van der Waals surface area contributed by atoms with E-state index in [1.807, 2.05) is 42.2 Å². The molecule has 0 aliphatic heterocycles. The van der Waals surface area contributed by atoms with Gasteiger partial charge in [-0.1, -0.05) is 35.3 Å². The Balaban J connectivity index is 1.29. The molecule has 1 aliphatic carbocycles. The Hall–Kier alpha value is -3.00. The van der Waals surface area contributed by atoms with E-state index in [4.69, 9.17) is 38.4 Å².